The van der Waals surface area contributed by atoms with Gasteiger partial charge in [-0.15, -0.1) is 0 Å². The Morgan fingerprint density at radius 3 is 2.70 bits per heavy atom. The molecule has 0 heterocycles. The van der Waals surface area contributed by atoms with Crippen molar-refractivity contribution >= 4 is 17.3 Å². The van der Waals surface area contributed by atoms with Gasteiger partial charge in [-0.25, -0.2) is 0 Å². The van der Waals surface area contributed by atoms with E-state index in [9.17, 15) is 14.9 Å². The summed E-state index contributed by atoms with van der Waals surface area (Å²) < 4.78 is 5.16. The van der Waals surface area contributed by atoms with Gasteiger partial charge in [0, 0.05) is 12.1 Å². The normalized spacial score (nSPS) is 16.6. The third-order valence-corrected chi connectivity index (χ3v) is 4.41. The number of nitrogens with zero attached hydrogens (tertiary/aromatic N) is 1. The van der Waals surface area contributed by atoms with Crippen molar-refractivity contribution in [2.75, 3.05) is 26.0 Å². The van der Waals surface area contributed by atoms with Crippen LogP contribution in [-0.2, 0) is 4.79 Å². The molecule has 0 aliphatic heterocycles. The van der Waals surface area contributed by atoms with Crippen LogP contribution in [0.4, 0.5) is 11.4 Å². The van der Waals surface area contributed by atoms with Crippen LogP contribution in [0.3, 0.4) is 0 Å². The highest BCUT2D eigenvalue weighted by Gasteiger charge is 2.24. The lowest BCUT2D eigenvalue weighted by Crippen LogP contribution is -3.14. The Kier molecular flexibility index (Phi) is 5.92. The minimum atomic E-state index is -0.492. The molecule has 2 N–H and O–H groups in total. The Bertz CT molecular complexity index is 570. The molecule has 0 radical (unpaired) electrons. The summed E-state index contributed by atoms with van der Waals surface area (Å²) in [5, 5.41) is 13.6. The van der Waals surface area contributed by atoms with Gasteiger partial charge in [0.05, 0.1) is 30.8 Å². The van der Waals surface area contributed by atoms with E-state index < -0.39 is 4.92 Å². The zero-order valence-corrected chi connectivity index (χ0v) is 13.6. The second-order valence-corrected chi connectivity index (χ2v) is 6.05. The number of non-ortho nitro benzene ring substituents is 1. The van der Waals surface area contributed by atoms with E-state index >= 15 is 0 Å². The maximum Gasteiger partial charge on any atom is 0.279 e. The Morgan fingerprint density at radius 2 is 2.09 bits per heavy atom. The molecule has 1 unspecified atom stereocenters. The van der Waals surface area contributed by atoms with Gasteiger partial charge in [0.25, 0.3) is 11.6 Å². The van der Waals surface area contributed by atoms with Crippen molar-refractivity contribution in [3.05, 3.63) is 28.3 Å². The number of likely N-dealkylation sites (N-methyl/N-ethyl adjacent to an activating group) is 1. The van der Waals surface area contributed by atoms with E-state index in [1.807, 2.05) is 7.05 Å². The van der Waals surface area contributed by atoms with Crippen LogP contribution < -0.4 is 15.0 Å². The predicted molar refractivity (Wildman–Crippen MR) is 86.9 cm³/mol. The number of ether oxygens (including phenoxy) is 1. The monoisotopic (exact) mass is 322 g/mol. The number of carbonyl (C=O) groups is 1. The Balaban J connectivity index is 2.01. The van der Waals surface area contributed by atoms with Gasteiger partial charge in [-0.05, 0) is 31.7 Å². The lowest BCUT2D eigenvalue weighted by atomic mass is 9.94. The quantitative estimate of drug-likeness (QED) is 0.612. The van der Waals surface area contributed by atoms with Gasteiger partial charge in [0.1, 0.15) is 5.75 Å². The highest BCUT2D eigenvalue weighted by molar-refractivity contribution is 5.93. The average molecular weight is 322 g/mol. The van der Waals surface area contributed by atoms with E-state index in [1.54, 1.807) is 0 Å². The molecule has 1 amide bonds. The van der Waals surface area contributed by atoms with Gasteiger partial charge in [0.15, 0.2) is 6.54 Å². The summed E-state index contributed by atoms with van der Waals surface area (Å²) in [6.45, 7) is 0.344. The van der Waals surface area contributed by atoms with Crippen LogP contribution in [0.15, 0.2) is 18.2 Å². The lowest BCUT2D eigenvalue weighted by Gasteiger charge is -2.27. The van der Waals surface area contributed by atoms with E-state index in [1.165, 1.54) is 49.5 Å². The fourth-order valence-corrected chi connectivity index (χ4v) is 3.09. The molecule has 1 saturated carbocycles. The van der Waals surface area contributed by atoms with E-state index in [2.05, 4.69) is 5.32 Å². The summed E-state index contributed by atoms with van der Waals surface area (Å²) in [6.07, 6.45) is 6.03. The number of nitrogens with one attached hydrogen (secondary N) is 2. The number of hydrogen-bond donors (Lipinski definition) is 2. The average Bonchev–Trinajstić information content (AvgIpc) is 2.55. The maximum absolute atomic E-state index is 12.3. The number of rotatable bonds is 6. The minimum absolute atomic E-state index is 0.0749. The van der Waals surface area contributed by atoms with Gasteiger partial charge >= 0.3 is 0 Å². The molecule has 1 aromatic carbocycles. The number of methoxy groups -OCH3 is 1. The molecule has 7 heteroatoms. The number of hydrogen-bond acceptors (Lipinski definition) is 4. The molecular formula is C16H24N3O4+. The molecule has 1 atom stereocenters. The number of benzene rings is 1. The van der Waals surface area contributed by atoms with Crippen molar-refractivity contribution in [3.8, 4) is 5.75 Å². The first-order valence-electron chi connectivity index (χ1n) is 7.96. The second kappa shape index (κ2) is 7.92. The third kappa shape index (κ3) is 4.66. The largest absolute Gasteiger partial charge is 0.495 e. The molecule has 2 rings (SSSR count). The van der Waals surface area contributed by atoms with Gasteiger partial charge in [0.2, 0.25) is 0 Å². The summed E-state index contributed by atoms with van der Waals surface area (Å²) in [4.78, 5) is 23.8. The zero-order chi connectivity index (χ0) is 16.8. The van der Waals surface area contributed by atoms with Crippen molar-refractivity contribution in [1.82, 2.24) is 0 Å². The Labute approximate surface area is 135 Å². The van der Waals surface area contributed by atoms with Crippen molar-refractivity contribution < 1.29 is 19.4 Å². The van der Waals surface area contributed by atoms with Crippen LogP contribution >= 0.6 is 0 Å². The predicted octanol–water partition coefficient (Wildman–Crippen LogP) is 1.39. The number of amides is 1. The maximum atomic E-state index is 12.3. The van der Waals surface area contributed by atoms with Crippen LogP contribution in [-0.4, -0.2) is 37.6 Å². The summed E-state index contributed by atoms with van der Waals surface area (Å²) >= 11 is 0. The highest BCUT2D eigenvalue weighted by atomic mass is 16.6. The summed E-state index contributed by atoms with van der Waals surface area (Å²) in [5.74, 6) is 0.256. The number of quaternary nitrogens is 1. The van der Waals surface area contributed by atoms with Crippen LogP contribution in [0.1, 0.15) is 32.1 Å². The molecule has 0 aromatic heterocycles. The van der Waals surface area contributed by atoms with Crippen molar-refractivity contribution in [2.24, 2.45) is 0 Å². The fraction of sp³-hybridized carbons (Fsp3) is 0.562. The van der Waals surface area contributed by atoms with E-state index in [0.29, 0.717) is 24.0 Å². The topological polar surface area (TPSA) is 85.9 Å². The Hall–Kier alpha value is -2.15. The summed E-state index contributed by atoms with van der Waals surface area (Å²) in [7, 11) is 3.50. The standard InChI is InChI=1S/C16H23N3O4/c1-18(12-6-4-3-5-7-12)11-16(20)17-14-10-13(19(21)22)8-9-15(14)23-2/h8-10,12H,3-7,11H2,1-2H3,(H,17,20)/p+1. The molecule has 7 nitrogen and oxygen atoms in total. The van der Waals surface area contributed by atoms with Gasteiger partial charge in [-0.2, -0.15) is 0 Å². The van der Waals surface area contributed by atoms with Crippen LogP contribution in [0.25, 0.3) is 0 Å². The van der Waals surface area contributed by atoms with Gasteiger partial charge in [-0.1, -0.05) is 6.42 Å². The molecule has 1 aromatic rings. The Morgan fingerprint density at radius 1 is 1.39 bits per heavy atom. The fourth-order valence-electron chi connectivity index (χ4n) is 3.09. The van der Waals surface area contributed by atoms with Gasteiger partial charge in [-0.3, -0.25) is 14.9 Å². The number of carbonyl (C=O) groups excluding carboxylic acids is 1. The second-order valence-electron chi connectivity index (χ2n) is 6.05. The van der Waals surface area contributed by atoms with E-state index in [-0.39, 0.29) is 11.6 Å². The van der Waals surface area contributed by atoms with Crippen LogP contribution in [0, 0.1) is 10.1 Å². The molecular weight excluding hydrogens is 298 g/mol. The third-order valence-electron chi connectivity index (χ3n) is 4.41. The first-order chi connectivity index (χ1) is 11.0. The minimum Gasteiger partial charge on any atom is -0.495 e. The van der Waals surface area contributed by atoms with E-state index in [0.717, 1.165) is 12.8 Å². The molecule has 1 aliphatic rings. The summed E-state index contributed by atoms with van der Waals surface area (Å²) in [6, 6.07) is 4.69. The van der Waals surface area contributed by atoms with Gasteiger partial charge < -0.3 is 15.0 Å². The molecule has 1 aliphatic carbocycles. The molecule has 23 heavy (non-hydrogen) atoms. The molecule has 1 fully saturated rings. The number of nitro benzene ring substituents is 1. The van der Waals surface area contributed by atoms with Crippen molar-refractivity contribution in [2.45, 2.75) is 38.1 Å². The molecule has 0 bridgehead atoms. The number of nitro groups is 1. The highest BCUT2D eigenvalue weighted by Crippen LogP contribution is 2.28. The molecule has 0 spiro atoms. The zero-order valence-electron chi connectivity index (χ0n) is 13.6. The molecule has 0 saturated heterocycles. The molecule has 126 valence electrons. The first kappa shape index (κ1) is 17.2. The van der Waals surface area contributed by atoms with Crippen LogP contribution in [0.2, 0.25) is 0 Å². The van der Waals surface area contributed by atoms with Crippen molar-refractivity contribution in [1.29, 1.82) is 0 Å². The lowest BCUT2D eigenvalue weighted by molar-refractivity contribution is -0.899. The van der Waals surface area contributed by atoms with E-state index in [4.69, 9.17) is 4.74 Å². The first-order valence-corrected chi connectivity index (χ1v) is 7.96. The van der Waals surface area contributed by atoms with Crippen molar-refractivity contribution in [3.63, 3.8) is 0 Å². The smallest absolute Gasteiger partial charge is 0.279 e. The number of anilines is 1. The SMILES string of the molecule is COc1ccc([N+](=O)[O-])cc1NC(=O)C[NH+](C)C1CCCCC1. The van der Waals surface area contributed by atoms with Crippen LogP contribution in [0.5, 0.6) is 5.75 Å². The summed E-state index contributed by atoms with van der Waals surface area (Å²) in [5.41, 5.74) is 0.261.